The van der Waals surface area contributed by atoms with E-state index >= 15 is 0 Å². The van der Waals surface area contributed by atoms with Crippen LogP contribution in [-0.2, 0) is 10.1 Å². The third-order valence-electron chi connectivity index (χ3n) is 4.03. The van der Waals surface area contributed by atoms with E-state index in [9.17, 15) is 9.79 Å². The summed E-state index contributed by atoms with van der Waals surface area (Å²) in [5, 5.41) is 0. The van der Waals surface area contributed by atoms with Gasteiger partial charge in [0, 0.05) is 0 Å². The predicted molar refractivity (Wildman–Crippen MR) is 94.8 cm³/mol. The van der Waals surface area contributed by atoms with Crippen LogP contribution in [0, 0.1) is 5.92 Å². The minimum absolute atomic E-state index is 0.601. The van der Waals surface area contributed by atoms with Crippen LogP contribution >= 0.6 is 8.60 Å². The second-order valence-corrected chi connectivity index (χ2v) is 6.88. The molecule has 0 atom stereocenters. The van der Waals surface area contributed by atoms with E-state index < -0.39 is 14.2 Å². The summed E-state index contributed by atoms with van der Waals surface area (Å²) in [6.07, 6.45) is 2.73. The number of hydrogen-bond acceptors (Lipinski definition) is 3. The highest BCUT2D eigenvalue weighted by Crippen LogP contribution is 2.46. The van der Waals surface area contributed by atoms with Crippen LogP contribution in [0.1, 0.15) is 44.2 Å². The lowest BCUT2D eigenvalue weighted by molar-refractivity contribution is 0.0783. The average molecular weight is 332 g/mol. The summed E-state index contributed by atoms with van der Waals surface area (Å²) in [6, 6.07) is 19.7. The average Bonchev–Trinajstić information content (AvgIpc) is 2.55. The van der Waals surface area contributed by atoms with E-state index in [-0.39, 0.29) is 0 Å². The van der Waals surface area contributed by atoms with Crippen molar-refractivity contribution in [2.24, 2.45) is 5.92 Å². The first-order chi connectivity index (χ1) is 11.0. The minimum Gasteiger partial charge on any atom is -0.328 e. The SMILES string of the molecule is CC(C)CCCC(OP(O)O)(c1ccccc1)c1ccccc1. The maximum Gasteiger partial charge on any atom is 0.328 e. The lowest BCUT2D eigenvalue weighted by atomic mass is 9.81. The van der Waals surface area contributed by atoms with Gasteiger partial charge in [0.25, 0.3) is 0 Å². The summed E-state index contributed by atoms with van der Waals surface area (Å²) in [6.45, 7) is 4.39. The second-order valence-electron chi connectivity index (χ2n) is 6.19. The molecule has 0 aromatic heterocycles. The molecular weight excluding hydrogens is 307 g/mol. The van der Waals surface area contributed by atoms with Crippen LogP contribution in [0.15, 0.2) is 60.7 Å². The van der Waals surface area contributed by atoms with Gasteiger partial charge in [-0.15, -0.1) is 0 Å². The lowest BCUT2D eigenvalue weighted by Crippen LogP contribution is -2.30. The van der Waals surface area contributed by atoms with E-state index in [1.807, 2.05) is 60.7 Å². The largest absolute Gasteiger partial charge is 0.328 e. The Hall–Kier alpha value is -1.25. The third kappa shape index (κ3) is 4.86. The highest BCUT2D eigenvalue weighted by atomic mass is 31.2. The van der Waals surface area contributed by atoms with E-state index in [0.717, 1.165) is 24.0 Å². The molecule has 2 N–H and O–H groups in total. The fourth-order valence-electron chi connectivity index (χ4n) is 2.92. The van der Waals surface area contributed by atoms with Gasteiger partial charge in [0.15, 0.2) is 0 Å². The van der Waals surface area contributed by atoms with E-state index in [2.05, 4.69) is 13.8 Å². The van der Waals surface area contributed by atoms with Crippen LogP contribution in [0.25, 0.3) is 0 Å². The maximum atomic E-state index is 9.62. The molecule has 2 aromatic rings. The molecule has 0 spiro atoms. The van der Waals surface area contributed by atoms with Gasteiger partial charge < -0.3 is 9.79 Å². The fourth-order valence-corrected chi connectivity index (χ4v) is 3.50. The first-order valence-corrected chi connectivity index (χ1v) is 9.19. The van der Waals surface area contributed by atoms with Crippen LogP contribution in [0.2, 0.25) is 0 Å². The monoisotopic (exact) mass is 332 g/mol. The third-order valence-corrected chi connectivity index (χ3v) is 4.50. The summed E-state index contributed by atoms with van der Waals surface area (Å²) < 4.78 is 5.77. The van der Waals surface area contributed by atoms with Crippen LogP contribution < -0.4 is 0 Å². The summed E-state index contributed by atoms with van der Waals surface area (Å²) in [7, 11) is -2.47. The number of hydrogen-bond donors (Lipinski definition) is 2. The van der Waals surface area contributed by atoms with Gasteiger partial charge in [0.05, 0.1) is 0 Å². The summed E-state index contributed by atoms with van der Waals surface area (Å²) in [5.74, 6) is 0.601. The Balaban J connectivity index is 2.45. The number of rotatable bonds is 8. The van der Waals surface area contributed by atoms with Crippen molar-refractivity contribution >= 4 is 8.60 Å². The van der Waals surface area contributed by atoms with Crippen molar-refractivity contribution in [1.29, 1.82) is 0 Å². The molecule has 0 heterocycles. The molecule has 124 valence electrons. The molecule has 4 heteroatoms. The van der Waals surface area contributed by atoms with Crippen molar-refractivity contribution in [3.05, 3.63) is 71.8 Å². The normalized spacial score (nSPS) is 12.1. The lowest BCUT2D eigenvalue weighted by Gasteiger charge is -2.35. The Kier molecular flexibility index (Phi) is 6.73. The second kappa shape index (κ2) is 8.56. The molecule has 0 amide bonds. The number of benzene rings is 2. The van der Waals surface area contributed by atoms with Crippen molar-refractivity contribution in [3.8, 4) is 0 Å². The van der Waals surface area contributed by atoms with Crippen LogP contribution in [0.5, 0.6) is 0 Å². The zero-order valence-corrected chi connectivity index (χ0v) is 14.6. The highest BCUT2D eigenvalue weighted by molar-refractivity contribution is 7.39. The Morgan fingerprint density at radius 1 is 0.913 bits per heavy atom. The van der Waals surface area contributed by atoms with Crippen molar-refractivity contribution < 1.29 is 14.3 Å². The Morgan fingerprint density at radius 3 is 1.78 bits per heavy atom. The van der Waals surface area contributed by atoms with Gasteiger partial charge in [-0.05, 0) is 29.9 Å². The molecule has 0 saturated heterocycles. The van der Waals surface area contributed by atoms with Crippen molar-refractivity contribution in [1.82, 2.24) is 0 Å². The van der Waals surface area contributed by atoms with Crippen LogP contribution in [0.3, 0.4) is 0 Å². The Bertz CT molecular complexity index is 530. The first-order valence-electron chi connectivity index (χ1n) is 8.02. The predicted octanol–water partition coefficient (Wildman–Crippen LogP) is 4.98. The maximum absolute atomic E-state index is 9.62. The molecule has 0 radical (unpaired) electrons. The van der Waals surface area contributed by atoms with E-state index in [0.29, 0.717) is 12.3 Å². The van der Waals surface area contributed by atoms with Gasteiger partial charge in [-0.25, -0.2) is 0 Å². The van der Waals surface area contributed by atoms with Gasteiger partial charge in [-0.1, -0.05) is 80.9 Å². The molecule has 3 nitrogen and oxygen atoms in total. The van der Waals surface area contributed by atoms with Gasteiger partial charge >= 0.3 is 8.60 Å². The molecule has 0 aliphatic heterocycles. The van der Waals surface area contributed by atoms with Crippen LogP contribution in [-0.4, -0.2) is 9.79 Å². The standard InChI is InChI=1S/C19H25O3P/c1-16(2)10-9-15-19(22-23(20)21,17-11-5-3-6-12-17)18-13-7-4-8-14-18/h3-8,11-14,16,20-21H,9-10,15H2,1-2H3. The van der Waals surface area contributed by atoms with Gasteiger partial charge in [0.1, 0.15) is 5.60 Å². The molecule has 23 heavy (non-hydrogen) atoms. The molecule has 0 fully saturated rings. The molecule has 0 bridgehead atoms. The van der Waals surface area contributed by atoms with Crippen molar-refractivity contribution in [2.45, 2.75) is 38.7 Å². The van der Waals surface area contributed by atoms with Crippen molar-refractivity contribution in [3.63, 3.8) is 0 Å². The van der Waals surface area contributed by atoms with Crippen molar-refractivity contribution in [2.75, 3.05) is 0 Å². The van der Waals surface area contributed by atoms with Gasteiger partial charge in [-0.3, -0.25) is 4.52 Å². The fraction of sp³-hybridized carbons (Fsp3) is 0.368. The molecule has 0 aliphatic carbocycles. The summed E-state index contributed by atoms with van der Waals surface area (Å²) in [5.41, 5.74) is 1.07. The molecule has 2 rings (SSSR count). The zero-order chi connectivity index (χ0) is 16.7. The van der Waals surface area contributed by atoms with Crippen LogP contribution in [0.4, 0.5) is 0 Å². The first kappa shape index (κ1) is 18.1. The molecule has 0 saturated carbocycles. The Morgan fingerprint density at radius 2 is 1.39 bits per heavy atom. The molecule has 2 aromatic carbocycles. The zero-order valence-electron chi connectivity index (χ0n) is 13.7. The van der Waals surface area contributed by atoms with E-state index in [1.165, 1.54) is 0 Å². The smallest absolute Gasteiger partial charge is 0.328 e. The van der Waals surface area contributed by atoms with Gasteiger partial charge in [0.2, 0.25) is 0 Å². The van der Waals surface area contributed by atoms with E-state index in [1.54, 1.807) is 0 Å². The molecule has 0 unspecified atom stereocenters. The summed E-state index contributed by atoms with van der Waals surface area (Å²) >= 11 is 0. The quantitative estimate of drug-likeness (QED) is 0.670. The topological polar surface area (TPSA) is 49.7 Å². The van der Waals surface area contributed by atoms with Gasteiger partial charge in [-0.2, -0.15) is 0 Å². The Labute approximate surface area is 140 Å². The minimum atomic E-state index is -2.47. The summed E-state index contributed by atoms with van der Waals surface area (Å²) in [4.78, 5) is 19.2. The molecule has 0 aliphatic rings. The van der Waals surface area contributed by atoms with E-state index in [4.69, 9.17) is 4.52 Å². The highest BCUT2D eigenvalue weighted by Gasteiger charge is 2.37. The molecular formula is C19H25O3P.